The number of benzene rings is 1. The summed E-state index contributed by atoms with van der Waals surface area (Å²) in [5.74, 6) is 0.107. The summed E-state index contributed by atoms with van der Waals surface area (Å²) in [5.41, 5.74) is 2.51. The molecule has 2 saturated heterocycles. The Balaban J connectivity index is 1.53. The largest absolute Gasteiger partial charge is 0.325 e. The lowest BCUT2D eigenvalue weighted by atomic mass is 9.78. The zero-order valence-electron chi connectivity index (χ0n) is 12.8. The van der Waals surface area contributed by atoms with Gasteiger partial charge in [-0.25, -0.2) is 0 Å². The van der Waals surface area contributed by atoms with Crippen molar-refractivity contribution in [2.24, 2.45) is 5.41 Å². The van der Waals surface area contributed by atoms with Gasteiger partial charge in [0.2, 0.25) is 5.91 Å². The molecule has 2 fully saturated rings. The molecule has 1 spiro atoms. The van der Waals surface area contributed by atoms with Crippen LogP contribution in [-0.2, 0) is 4.79 Å². The topological polar surface area (TPSA) is 44.4 Å². The van der Waals surface area contributed by atoms with Gasteiger partial charge in [-0.05, 0) is 62.9 Å². The Morgan fingerprint density at radius 2 is 2.05 bits per heavy atom. The molecule has 2 aliphatic heterocycles. The van der Waals surface area contributed by atoms with Gasteiger partial charge in [-0.3, -0.25) is 9.69 Å². The molecule has 1 amide bonds. The number of hydrogen-bond donors (Lipinski definition) is 2. The molecule has 0 saturated carbocycles. The molecular formula is C17H25N3O. The molecule has 0 bridgehead atoms. The van der Waals surface area contributed by atoms with E-state index >= 15 is 0 Å². The Morgan fingerprint density at radius 1 is 1.29 bits per heavy atom. The highest BCUT2D eigenvalue weighted by Crippen LogP contribution is 2.38. The summed E-state index contributed by atoms with van der Waals surface area (Å²) >= 11 is 0. The third-order valence-electron chi connectivity index (χ3n) is 4.97. The summed E-state index contributed by atoms with van der Waals surface area (Å²) in [5, 5.41) is 6.47. The van der Waals surface area contributed by atoms with Gasteiger partial charge in [0, 0.05) is 12.2 Å². The fourth-order valence-corrected chi connectivity index (χ4v) is 3.63. The minimum Gasteiger partial charge on any atom is -0.325 e. The molecule has 0 unspecified atom stereocenters. The normalized spacial score (nSPS) is 21.6. The lowest BCUT2D eigenvalue weighted by Crippen LogP contribution is -2.40. The van der Waals surface area contributed by atoms with Crippen LogP contribution >= 0.6 is 0 Å². The maximum absolute atomic E-state index is 12.2. The minimum absolute atomic E-state index is 0.107. The van der Waals surface area contributed by atoms with Crippen molar-refractivity contribution in [2.75, 3.05) is 38.0 Å². The predicted octanol–water partition coefficient (Wildman–Crippen LogP) is 2.01. The molecule has 0 radical (unpaired) electrons. The van der Waals surface area contributed by atoms with Gasteiger partial charge in [0.25, 0.3) is 0 Å². The monoisotopic (exact) mass is 287 g/mol. The van der Waals surface area contributed by atoms with E-state index in [0.29, 0.717) is 12.0 Å². The first kappa shape index (κ1) is 14.5. The summed E-state index contributed by atoms with van der Waals surface area (Å²) in [6.45, 7) is 6.93. The molecule has 0 aliphatic carbocycles. The van der Waals surface area contributed by atoms with E-state index in [-0.39, 0.29) is 5.91 Å². The van der Waals surface area contributed by atoms with E-state index in [1.807, 2.05) is 31.2 Å². The molecule has 2 N–H and O–H groups in total. The van der Waals surface area contributed by atoms with Gasteiger partial charge in [0.1, 0.15) is 0 Å². The van der Waals surface area contributed by atoms with E-state index in [2.05, 4.69) is 15.5 Å². The molecule has 1 aromatic carbocycles. The van der Waals surface area contributed by atoms with Crippen LogP contribution in [0, 0.1) is 12.3 Å². The van der Waals surface area contributed by atoms with E-state index in [9.17, 15) is 4.79 Å². The van der Waals surface area contributed by atoms with Crippen LogP contribution in [0.3, 0.4) is 0 Å². The lowest BCUT2D eigenvalue weighted by molar-refractivity contribution is -0.117. The summed E-state index contributed by atoms with van der Waals surface area (Å²) in [4.78, 5) is 14.5. The van der Waals surface area contributed by atoms with Crippen LogP contribution in [0.4, 0.5) is 5.69 Å². The average Bonchev–Trinajstić information content (AvgIpc) is 2.84. The number of rotatable bonds is 3. The Labute approximate surface area is 126 Å². The van der Waals surface area contributed by atoms with Gasteiger partial charge in [0.15, 0.2) is 0 Å². The van der Waals surface area contributed by atoms with Crippen LogP contribution in [0.25, 0.3) is 0 Å². The Hall–Kier alpha value is -1.39. The first-order chi connectivity index (χ1) is 10.2. The Bertz CT molecular complexity index is 509. The maximum atomic E-state index is 12.2. The van der Waals surface area contributed by atoms with Crippen molar-refractivity contribution in [3.05, 3.63) is 29.8 Å². The molecule has 3 rings (SSSR count). The van der Waals surface area contributed by atoms with Crippen LogP contribution in [-0.4, -0.2) is 43.5 Å². The number of para-hydroxylation sites is 1. The third kappa shape index (κ3) is 3.44. The molecule has 114 valence electrons. The summed E-state index contributed by atoms with van der Waals surface area (Å²) in [6, 6.07) is 7.94. The van der Waals surface area contributed by atoms with E-state index in [1.165, 1.54) is 19.3 Å². The van der Waals surface area contributed by atoms with Crippen LogP contribution < -0.4 is 10.6 Å². The average molecular weight is 287 g/mol. The first-order valence-electron chi connectivity index (χ1n) is 7.96. The fraction of sp³-hybridized carbons (Fsp3) is 0.588. The number of nitrogens with one attached hydrogen (secondary N) is 2. The molecule has 4 heteroatoms. The van der Waals surface area contributed by atoms with Crippen molar-refractivity contribution in [3.8, 4) is 0 Å². The summed E-state index contributed by atoms with van der Waals surface area (Å²) in [6.07, 6.45) is 3.75. The second-order valence-corrected chi connectivity index (χ2v) is 6.57. The van der Waals surface area contributed by atoms with Crippen LogP contribution in [0.1, 0.15) is 24.8 Å². The molecule has 2 aliphatic rings. The van der Waals surface area contributed by atoms with Crippen LogP contribution in [0.2, 0.25) is 0 Å². The van der Waals surface area contributed by atoms with Crippen molar-refractivity contribution in [2.45, 2.75) is 26.2 Å². The first-order valence-corrected chi connectivity index (χ1v) is 7.96. The van der Waals surface area contributed by atoms with Crippen molar-refractivity contribution in [1.29, 1.82) is 0 Å². The quantitative estimate of drug-likeness (QED) is 0.894. The van der Waals surface area contributed by atoms with Gasteiger partial charge in [-0.1, -0.05) is 18.2 Å². The van der Waals surface area contributed by atoms with E-state index in [4.69, 9.17) is 0 Å². The highest BCUT2D eigenvalue weighted by Gasteiger charge is 2.39. The van der Waals surface area contributed by atoms with Crippen molar-refractivity contribution < 1.29 is 4.79 Å². The SMILES string of the molecule is Cc1ccccc1NC(=O)CN1CCC2(CCNCC2)C1. The van der Waals surface area contributed by atoms with E-state index in [1.54, 1.807) is 0 Å². The molecule has 21 heavy (non-hydrogen) atoms. The zero-order valence-corrected chi connectivity index (χ0v) is 12.8. The maximum Gasteiger partial charge on any atom is 0.238 e. The van der Waals surface area contributed by atoms with Crippen LogP contribution in [0.15, 0.2) is 24.3 Å². The molecular weight excluding hydrogens is 262 g/mol. The molecule has 2 heterocycles. The van der Waals surface area contributed by atoms with Gasteiger partial charge in [-0.2, -0.15) is 0 Å². The standard InChI is InChI=1S/C17H25N3O/c1-14-4-2-3-5-15(14)19-16(21)12-20-11-8-17(13-20)6-9-18-10-7-17/h2-5,18H,6-13H2,1H3,(H,19,21). The highest BCUT2D eigenvalue weighted by atomic mass is 16.2. The van der Waals surface area contributed by atoms with Crippen molar-refractivity contribution >= 4 is 11.6 Å². The van der Waals surface area contributed by atoms with Gasteiger partial charge < -0.3 is 10.6 Å². The van der Waals surface area contributed by atoms with Crippen molar-refractivity contribution in [3.63, 3.8) is 0 Å². The zero-order chi connectivity index (χ0) is 14.7. The van der Waals surface area contributed by atoms with Gasteiger partial charge in [0.05, 0.1) is 6.54 Å². The van der Waals surface area contributed by atoms with Crippen LogP contribution in [0.5, 0.6) is 0 Å². The number of piperidine rings is 1. The summed E-state index contributed by atoms with van der Waals surface area (Å²) < 4.78 is 0. The number of carbonyl (C=O) groups excluding carboxylic acids is 1. The number of anilines is 1. The molecule has 0 aromatic heterocycles. The number of aryl methyl sites for hydroxylation is 1. The Kier molecular flexibility index (Phi) is 4.27. The van der Waals surface area contributed by atoms with E-state index < -0.39 is 0 Å². The molecule has 1 aromatic rings. The minimum atomic E-state index is 0.107. The third-order valence-corrected chi connectivity index (χ3v) is 4.97. The van der Waals surface area contributed by atoms with Gasteiger partial charge in [-0.15, -0.1) is 0 Å². The summed E-state index contributed by atoms with van der Waals surface area (Å²) in [7, 11) is 0. The number of likely N-dealkylation sites (tertiary alicyclic amines) is 1. The fourth-order valence-electron chi connectivity index (χ4n) is 3.63. The van der Waals surface area contributed by atoms with Crippen molar-refractivity contribution in [1.82, 2.24) is 10.2 Å². The number of carbonyl (C=O) groups is 1. The van der Waals surface area contributed by atoms with E-state index in [0.717, 1.165) is 37.4 Å². The second kappa shape index (κ2) is 6.16. The second-order valence-electron chi connectivity index (χ2n) is 6.57. The Morgan fingerprint density at radius 3 is 2.81 bits per heavy atom. The smallest absolute Gasteiger partial charge is 0.238 e. The predicted molar refractivity (Wildman–Crippen MR) is 85.4 cm³/mol. The number of hydrogen-bond acceptors (Lipinski definition) is 3. The molecule has 0 atom stereocenters. The lowest BCUT2D eigenvalue weighted by Gasteiger charge is -2.33. The van der Waals surface area contributed by atoms with Gasteiger partial charge >= 0.3 is 0 Å². The number of nitrogens with zero attached hydrogens (tertiary/aromatic N) is 1. The molecule has 4 nitrogen and oxygen atoms in total. The number of amides is 1. The highest BCUT2D eigenvalue weighted by molar-refractivity contribution is 5.92.